The van der Waals surface area contributed by atoms with Crippen LogP contribution in [0.25, 0.3) is 11.0 Å². The Bertz CT molecular complexity index is 1420. The zero-order valence-electron chi connectivity index (χ0n) is 18.1. The Hall–Kier alpha value is -4.46. The molecule has 1 atom stereocenters. The van der Waals surface area contributed by atoms with Gasteiger partial charge in [-0.3, -0.25) is 19.5 Å². The highest BCUT2D eigenvalue weighted by Gasteiger charge is 2.34. The average molecular weight is 439 g/mol. The number of imidazole rings is 1. The number of nitrogens with zero attached hydrogens (tertiary/aromatic N) is 3. The monoisotopic (exact) mass is 439 g/mol. The maximum absolute atomic E-state index is 13.5. The van der Waals surface area contributed by atoms with Gasteiger partial charge in [-0.05, 0) is 55.8 Å². The number of carbonyl (C=O) groups is 1. The maximum Gasteiger partial charge on any atom is 0.269 e. The number of benzene rings is 3. The smallest absolute Gasteiger partial charge is 0.269 e. The lowest BCUT2D eigenvalue weighted by molar-refractivity contribution is -0.384. The summed E-state index contributed by atoms with van der Waals surface area (Å²) in [4.78, 5) is 29.0. The van der Waals surface area contributed by atoms with Gasteiger partial charge in [0.1, 0.15) is 0 Å². The first kappa shape index (κ1) is 20.4. The molecular weight excluding hydrogens is 418 g/mol. The molecule has 0 saturated carbocycles. The molecule has 5 rings (SSSR count). The van der Waals surface area contributed by atoms with Crippen molar-refractivity contribution in [2.45, 2.75) is 19.9 Å². The number of fused-ring (bicyclic) bond motifs is 3. The molecule has 8 nitrogen and oxygen atoms in total. The van der Waals surface area contributed by atoms with Crippen molar-refractivity contribution in [2.24, 2.45) is 0 Å². The van der Waals surface area contributed by atoms with Crippen molar-refractivity contribution in [3.63, 3.8) is 0 Å². The Morgan fingerprint density at radius 3 is 2.42 bits per heavy atom. The van der Waals surface area contributed by atoms with Crippen molar-refractivity contribution in [2.75, 3.05) is 10.6 Å². The summed E-state index contributed by atoms with van der Waals surface area (Å²) in [5, 5.41) is 17.4. The van der Waals surface area contributed by atoms with Crippen LogP contribution in [0, 0.1) is 17.0 Å². The van der Waals surface area contributed by atoms with Crippen LogP contribution in [0.4, 0.5) is 17.3 Å². The van der Waals surface area contributed by atoms with Gasteiger partial charge in [-0.1, -0.05) is 29.8 Å². The number of para-hydroxylation sites is 2. The summed E-state index contributed by atoms with van der Waals surface area (Å²) in [7, 11) is 0. The number of amides is 1. The molecule has 4 aromatic rings. The maximum atomic E-state index is 13.5. The minimum Gasteiger partial charge on any atom is -0.329 e. The molecule has 3 aromatic carbocycles. The summed E-state index contributed by atoms with van der Waals surface area (Å²) in [6.07, 6.45) is 0. The topological polar surface area (TPSA) is 102 Å². The molecule has 0 fully saturated rings. The predicted octanol–water partition coefficient (Wildman–Crippen LogP) is 5.18. The molecule has 0 unspecified atom stereocenters. The molecule has 1 amide bonds. The number of hydrogen-bond acceptors (Lipinski definition) is 5. The van der Waals surface area contributed by atoms with Gasteiger partial charge in [0.05, 0.1) is 27.6 Å². The lowest BCUT2D eigenvalue weighted by Crippen LogP contribution is -2.30. The van der Waals surface area contributed by atoms with Gasteiger partial charge < -0.3 is 10.6 Å². The van der Waals surface area contributed by atoms with Gasteiger partial charge in [0.15, 0.2) is 0 Å². The fourth-order valence-electron chi connectivity index (χ4n) is 4.19. The van der Waals surface area contributed by atoms with E-state index in [0.29, 0.717) is 22.9 Å². The van der Waals surface area contributed by atoms with Crippen LogP contribution in [0.1, 0.15) is 24.1 Å². The Labute approximate surface area is 189 Å². The van der Waals surface area contributed by atoms with Gasteiger partial charge >= 0.3 is 0 Å². The van der Waals surface area contributed by atoms with Crippen molar-refractivity contribution < 1.29 is 9.72 Å². The highest BCUT2D eigenvalue weighted by Crippen LogP contribution is 2.39. The second-order valence-corrected chi connectivity index (χ2v) is 8.03. The Morgan fingerprint density at radius 1 is 1.03 bits per heavy atom. The third-order valence-corrected chi connectivity index (χ3v) is 5.80. The van der Waals surface area contributed by atoms with E-state index in [1.54, 1.807) is 12.1 Å². The lowest BCUT2D eigenvalue weighted by Gasteiger charge is -2.30. The number of nitro groups is 1. The molecular formula is C25H21N5O3. The number of nitro benzene ring substituents is 1. The third-order valence-electron chi connectivity index (χ3n) is 5.80. The van der Waals surface area contributed by atoms with E-state index in [1.165, 1.54) is 12.1 Å². The SMILES string of the molecule is CC1=C(C(=O)Nc2ccc(C)cc2)[C@H](c2ccc([N+](=O)[O-])cc2)n2c(nc3ccccc32)N1. The summed E-state index contributed by atoms with van der Waals surface area (Å²) in [5.74, 6) is 0.361. The highest BCUT2D eigenvalue weighted by atomic mass is 16.6. The Morgan fingerprint density at radius 2 is 1.73 bits per heavy atom. The van der Waals surface area contributed by atoms with Crippen molar-refractivity contribution >= 4 is 34.3 Å². The van der Waals surface area contributed by atoms with Crippen molar-refractivity contribution in [3.8, 4) is 0 Å². The first-order valence-electron chi connectivity index (χ1n) is 10.5. The molecule has 1 aliphatic heterocycles. The fraction of sp³-hybridized carbons (Fsp3) is 0.120. The number of non-ortho nitro benzene ring substituents is 1. The Balaban J connectivity index is 1.65. The summed E-state index contributed by atoms with van der Waals surface area (Å²) < 4.78 is 1.97. The molecule has 2 heterocycles. The van der Waals surface area contributed by atoms with E-state index >= 15 is 0 Å². The van der Waals surface area contributed by atoms with Crippen LogP contribution in [0.3, 0.4) is 0 Å². The number of anilines is 2. The summed E-state index contributed by atoms with van der Waals surface area (Å²) in [6.45, 7) is 3.82. The number of aryl methyl sites for hydroxylation is 1. The molecule has 1 aromatic heterocycles. The van der Waals surface area contributed by atoms with E-state index in [4.69, 9.17) is 4.98 Å². The first-order chi connectivity index (χ1) is 15.9. The number of aromatic nitrogens is 2. The quantitative estimate of drug-likeness (QED) is 0.337. The van der Waals surface area contributed by atoms with Crippen LogP contribution in [-0.2, 0) is 4.79 Å². The van der Waals surface area contributed by atoms with Gasteiger partial charge in [-0.2, -0.15) is 0 Å². The zero-order chi connectivity index (χ0) is 23.1. The second-order valence-electron chi connectivity index (χ2n) is 8.03. The number of hydrogen-bond donors (Lipinski definition) is 2. The first-order valence-corrected chi connectivity index (χ1v) is 10.5. The predicted molar refractivity (Wildman–Crippen MR) is 127 cm³/mol. The number of nitrogens with one attached hydrogen (secondary N) is 2. The van der Waals surface area contributed by atoms with E-state index in [-0.39, 0.29) is 11.6 Å². The van der Waals surface area contributed by atoms with Crippen LogP contribution < -0.4 is 10.6 Å². The second kappa shape index (κ2) is 7.90. The van der Waals surface area contributed by atoms with Gasteiger partial charge in [0.25, 0.3) is 11.6 Å². The molecule has 8 heteroatoms. The lowest BCUT2D eigenvalue weighted by atomic mass is 9.94. The van der Waals surface area contributed by atoms with Crippen molar-refractivity contribution in [1.82, 2.24) is 9.55 Å². The fourth-order valence-corrected chi connectivity index (χ4v) is 4.19. The van der Waals surface area contributed by atoms with Crippen LogP contribution in [0.15, 0.2) is 84.1 Å². The van der Waals surface area contributed by atoms with Crippen molar-refractivity contribution in [3.05, 3.63) is 105 Å². The zero-order valence-corrected chi connectivity index (χ0v) is 18.1. The number of carbonyl (C=O) groups excluding carboxylic acids is 1. The van der Waals surface area contributed by atoms with Crippen LogP contribution in [0.5, 0.6) is 0 Å². The van der Waals surface area contributed by atoms with E-state index in [9.17, 15) is 14.9 Å². The molecule has 0 radical (unpaired) electrons. The molecule has 164 valence electrons. The van der Waals surface area contributed by atoms with E-state index in [2.05, 4.69) is 10.6 Å². The van der Waals surface area contributed by atoms with Crippen LogP contribution >= 0.6 is 0 Å². The number of rotatable bonds is 4. The molecule has 1 aliphatic rings. The molecule has 0 saturated heterocycles. The van der Waals surface area contributed by atoms with E-state index in [0.717, 1.165) is 22.2 Å². The third kappa shape index (κ3) is 3.61. The Kier molecular flexibility index (Phi) is 4.90. The highest BCUT2D eigenvalue weighted by molar-refractivity contribution is 6.06. The largest absolute Gasteiger partial charge is 0.329 e. The standard InChI is InChI=1S/C25H21N5O3/c1-15-7-11-18(12-8-15)27-24(31)22-16(2)26-25-28-20-5-3-4-6-21(20)29(25)23(22)17-9-13-19(14-10-17)30(32)33/h3-14,23H,1-2H3,(H,26,28)(H,27,31)/t23-/m0/s1. The normalized spacial score (nSPS) is 15.2. The molecule has 0 bridgehead atoms. The molecule has 0 spiro atoms. The van der Waals surface area contributed by atoms with Gasteiger partial charge in [-0.15, -0.1) is 0 Å². The van der Waals surface area contributed by atoms with E-state index in [1.807, 2.05) is 66.9 Å². The summed E-state index contributed by atoms with van der Waals surface area (Å²) >= 11 is 0. The molecule has 0 aliphatic carbocycles. The van der Waals surface area contributed by atoms with E-state index < -0.39 is 11.0 Å². The van der Waals surface area contributed by atoms with Crippen LogP contribution in [-0.4, -0.2) is 20.4 Å². The van der Waals surface area contributed by atoms with Crippen molar-refractivity contribution in [1.29, 1.82) is 0 Å². The molecule has 2 N–H and O–H groups in total. The molecule has 33 heavy (non-hydrogen) atoms. The number of allylic oxidation sites excluding steroid dienone is 1. The van der Waals surface area contributed by atoms with Gasteiger partial charge in [0.2, 0.25) is 5.95 Å². The summed E-state index contributed by atoms with van der Waals surface area (Å²) in [5.41, 5.74) is 5.37. The average Bonchev–Trinajstić information content (AvgIpc) is 3.17. The summed E-state index contributed by atoms with van der Waals surface area (Å²) in [6, 6.07) is 21.1. The minimum atomic E-state index is -0.514. The van der Waals surface area contributed by atoms with Crippen LogP contribution in [0.2, 0.25) is 0 Å². The van der Waals surface area contributed by atoms with Gasteiger partial charge in [-0.25, -0.2) is 4.98 Å². The van der Waals surface area contributed by atoms with Gasteiger partial charge in [0, 0.05) is 23.5 Å². The minimum absolute atomic E-state index is 0.00486.